The summed E-state index contributed by atoms with van der Waals surface area (Å²) in [6.07, 6.45) is 0.219. The molecule has 4 nitrogen and oxygen atoms in total. The first kappa shape index (κ1) is 13.2. The molecule has 0 radical (unpaired) electrons. The molecule has 0 saturated carbocycles. The molecule has 1 aromatic carbocycles. The van der Waals surface area contributed by atoms with Crippen LogP contribution in [0.1, 0.15) is 13.8 Å². The van der Waals surface area contributed by atoms with Crippen LogP contribution < -0.4 is 20.7 Å². The van der Waals surface area contributed by atoms with Crippen molar-refractivity contribution in [2.75, 3.05) is 31.1 Å². The van der Waals surface area contributed by atoms with Gasteiger partial charge in [-0.3, -0.25) is 0 Å². The van der Waals surface area contributed by atoms with Crippen molar-refractivity contribution in [3.63, 3.8) is 0 Å². The number of rotatable bonds is 4. The molecule has 4 heteroatoms. The number of nitrogens with two attached hydrogens (primary N) is 1. The molecule has 3 N–H and O–H groups in total. The summed E-state index contributed by atoms with van der Waals surface area (Å²) in [4.78, 5) is 2.37. The van der Waals surface area contributed by atoms with Crippen LogP contribution in [0.15, 0.2) is 24.3 Å². The van der Waals surface area contributed by atoms with Crippen molar-refractivity contribution in [2.24, 2.45) is 5.73 Å². The van der Waals surface area contributed by atoms with Crippen molar-refractivity contribution in [2.45, 2.75) is 26.0 Å². The molecule has 1 aliphatic heterocycles. The third-order valence-electron chi connectivity index (χ3n) is 3.11. The lowest BCUT2D eigenvalue weighted by Crippen LogP contribution is -2.53. The van der Waals surface area contributed by atoms with E-state index >= 15 is 0 Å². The summed E-state index contributed by atoms with van der Waals surface area (Å²) in [7, 11) is 0. The van der Waals surface area contributed by atoms with E-state index in [1.165, 1.54) is 5.69 Å². The highest BCUT2D eigenvalue weighted by molar-refractivity contribution is 5.49. The fourth-order valence-electron chi connectivity index (χ4n) is 2.23. The molecule has 1 atom stereocenters. The van der Waals surface area contributed by atoms with Gasteiger partial charge in [0.05, 0.1) is 6.10 Å². The zero-order valence-corrected chi connectivity index (χ0v) is 11.2. The van der Waals surface area contributed by atoms with Crippen molar-refractivity contribution in [3.8, 4) is 5.75 Å². The lowest BCUT2D eigenvalue weighted by atomic mass is 10.2. The Bertz CT molecular complexity index is 364. The van der Waals surface area contributed by atoms with Gasteiger partial charge in [0.15, 0.2) is 0 Å². The second kappa shape index (κ2) is 6.07. The van der Waals surface area contributed by atoms with Gasteiger partial charge in [-0.15, -0.1) is 0 Å². The van der Waals surface area contributed by atoms with Gasteiger partial charge in [-0.2, -0.15) is 0 Å². The van der Waals surface area contributed by atoms with Crippen LogP contribution in [0.2, 0.25) is 0 Å². The van der Waals surface area contributed by atoms with Gasteiger partial charge in [0.1, 0.15) is 5.75 Å². The van der Waals surface area contributed by atoms with Crippen LogP contribution in [0.4, 0.5) is 5.69 Å². The largest absolute Gasteiger partial charge is 0.491 e. The van der Waals surface area contributed by atoms with Crippen LogP contribution in [0, 0.1) is 0 Å². The average molecular weight is 249 g/mol. The molecule has 1 fully saturated rings. The minimum atomic E-state index is 0.219. The average Bonchev–Trinajstić information content (AvgIpc) is 2.39. The van der Waals surface area contributed by atoms with Crippen LogP contribution in [-0.4, -0.2) is 38.3 Å². The highest BCUT2D eigenvalue weighted by atomic mass is 16.5. The Morgan fingerprint density at radius 2 is 2.11 bits per heavy atom. The summed E-state index contributed by atoms with van der Waals surface area (Å²) < 4.78 is 5.65. The number of ether oxygens (including phenoxy) is 1. The molecule has 2 rings (SSSR count). The molecule has 18 heavy (non-hydrogen) atoms. The van der Waals surface area contributed by atoms with Crippen molar-refractivity contribution in [3.05, 3.63) is 24.3 Å². The minimum absolute atomic E-state index is 0.219. The molecule has 1 aromatic rings. The van der Waals surface area contributed by atoms with E-state index in [0.717, 1.165) is 25.4 Å². The number of anilines is 1. The van der Waals surface area contributed by atoms with Gasteiger partial charge >= 0.3 is 0 Å². The van der Waals surface area contributed by atoms with E-state index in [1.807, 2.05) is 26.0 Å². The number of hydrogen-bond acceptors (Lipinski definition) is 4. The summed E-state index contributed by atoms with van der Waals surface area (Å²) in [5.74, 6) is 0.930. The Labute approximate surface area is 109 Å². The summed E-state index contributed by atoms with van der Waals surface area (Å²) in [5, 5.41) is 3.41. The van der Waals surface area contributed by atoms with Crippen LogP contribution in [-0.2, 0) is 0 Å². The van der Waals surface area contributed by atoms with Gasteiger partial charge in [0, 0.05) is 37.9 Å². The number of piperazine rings is 1. The van der Waals surface area contributed by atoms with Gasteiger partial charge < -0.3 is 20.7 Å². The van der Waals surface area contributed by atoms with Gasteiger partial charge in [0.25, 0.3) is 0 Å². The van der Waals surface area contributed by atoms with Crippen molar-refractivity contribution in [1.82, 2.24) is 5.32 Å². The summed E-state index contributed by atoms with van der Waals surface area (Å²) in [5.41, 5.74) is 6.96. The highest BCUT2D eigenvalue weighted by Gasteiger charge is 2.18. The van der Waals surface area contributed by atoms with E-state index in [0.29, 0.717) is 12.6 Å². The first-order chi connectivity index (χ1) is 8.69. The molecule has 0 spiro atoms. The third kappa shape index (κ3) is 3.37. The van der Waals surface area contributed by atoms with Crippen LogP contribution in [0.3, 0.4) is 0 Å². The Morgan fingerprint density at radius 3 is 2.72 bits per heavy atom. The zero-order valence-electron chi connectivity index (χ0n) is 11.2. The molecule has 1 unspecified atom stereocenters. The topological polar surface area (TPSA) is 50.5 Å². The normalized spacial score (nSPS) is 20.2. The molecular weight excluding hydrogens is 226 g/mol. The Hall–Kier alpha value is -1.26. The Morgan fingerprint density at radius 1 is 1.39 bits per heavy atom. The number of nitrogens with zero attached hydrogens (tertiary/aromatic N) is 1. The van der Waals surface area contributed by atoms with E-state index in [4.69, 9.17) is 10.5 Å². The summed E-state index contributed by atoms with van der Waals surface area (Å²) >= 11 is 0. The molecule has 0 aromatic heterocycles. The Balaban J connectivity index is 2.00. The zero-order chi connectivity index (χ0) is 13.0. The van der Waals surface area contributed by atoms with Crippen LogP contribution in [0.25, 0.3) is 0 Å². The SMILES string of the molecule is CC(C)Oc1ccc(N2CCNC(CN)C2)cc1. The maximum atomic E-state index is 5.71. The lowest BCUT2D eigenvalue weighted by Gasteiger charge is -2.34. The van der Waals surface area contributed by atoms with E-state index in [1.54, 1.807) is 0 Å². The van der Waals surface area contributed by atoms with E-state index in [2.05, 4.69) is 22.3 Å². The number of hydrogen-bond donors (Lipinski definition) is 2. The van der Waals surface area contributed by atoms with Gasteiger partial charge in [-0.25, -0.2) is 0 Å². The molecule has 1 heterocycles. The first-order valence-corrected chi connectivity index (χ1v) is 6.64. The molecule has 1 saturated heterocycles. The van der Waals surface area contributed by atoms with Crippen molar-refractivity contribution < 1.29 is 4.74 Å². The second-order valence-electron chi connectivity index (χ2n) is 4.99. The third-order valence-corrected chi connectivity index (χ3v) is 3.11. The molecule has 100 valence electrons. The fourth-order valence-corrected chi connectivity index (χ4v) is 2.23. The maximum Gasteiger partial charge on any atom is 0.119 e. The van der Waals surface area contributed by atoms with E-state index < -0.39 is 0 Å². The summed E-state index contributed by atoms with van der Waals surface area (Å²) in [6, 6.07) is 8.71. The quantitative estimate of drug-likeness (QED) is 0.842. The molecule has 0 bridgehead atoms. The predicted octanol–water partition coefficient (Wildman–Crippen LogP) is 1.21. The highest BCUT2D eigenvalue weighted by Crippen LogP contribution is 2.21. The fraction of sp³-hybridized carbons (Fsp3) is 0.571. The molecular formula is C14H23N3O. The smallest absolute Gasteiger partial charge is 0.119 e. The van der Waals surface area contributed by atoms with Gasteiger partial charge in [-0.05, 0) is 38.1 Å². The lowest BCUT2D eigenvalue weighted by molar-refractivity contribution is 0.242. The summed E-state index contributed by atoms with van der Waals surface area (Å²) in [6.45, 7) is 7.76. The van der Waals surface area contributed by atoms with Crippen molar-refractivity contribution >= 4 is 5.69 Å². The molecule has 0 amide bonds. The van der Waals surface area contributed by atoms with Gasteiger partial charge in [0.2, 0.25) is 0 Å². The monoisotopic (exact) mass is 249 g/mol. The van der Waals surface area contributed by atoms with E-state index in [-0.39, 0.29) is 6.10 Å². The minimum Gasteiger partial charge on any atom is -0.491 e. The van der Waals surface area contributed by atoms with Crippen LogP contribution in [0.5, 0.6) is 5.75 Å². The number of benzene rings is 1. The Kier molecular flexibility index (Phi) is 4.44. The maximum absolute atomic E-state index is 5.71. The van der Waals surface area contributed by atoms with E-state index in [9.17, 15) is 0 Å². The first-order valence-electron chi connectivity index (χ1n) is 6.64. The predicted molar refractivity (Wildman–Crippen MR) is 75.3 cm³/mol. The second-order valence-corrected chi connectivity index (χ2v) is 4.99. The standard InChI is InChI=1S/C14H23N3O/c1-11(2)18-14-5-3-13(4-6-14)17-8-7-16-12(9-15)10-17/h3-6,11-12,16H,7-10,15H2,1-2H3. The van der Waals surface area contributed by atoms with Crippen molar-refractivity contribution in [1.29, 1.82) is 0 Å². The van der Waals surface area contributed by atoms with Crippen LogP contribution >= 0.6 is 0 Å². The molecule has 1 aliphatic rings. The van der Waals surface area contributed by atoms with Gasteiger partial charge in [-0.1, -0.05) is 0 Å². The number of nitrogens with one attached hydrogen (secondary N) is 1. The molecule has 0 aliphatic carbocycles.